The smallest absolute Gasteiger partial charge is 0.0924 e. The van der Waals surface area contributed by atoms with Crippen LogP contribution in [0.25, 0.3) is 22.2 Å². The molecule has 0 bridgehead atoms. The summed E-state index contributed by atoms with van der Waals surface area (Å²) in [5.74, 6) is 0. The second-order valence-electron chi connectivity index (χ2n) is 7.49. The number of hydrogen-bond donors (Lipinski definition) is 1. The van der Waals surface area contributed by atoms with Crippen LogP contribution in [0.1, 0.15) is 43.9 Å². The second kappa shape index (κ2) is 9.90. The number of benzene rings is 2. The first-order valence-electron chi connectivity index (χ1n) is 10.2. The summed E-state index contributed by atoms with van der Waals surface area (Å²) in [7, 11) is 0. The zero-order valence-electron chi connectivity index (χ0n) is 17.3. The second-order valence-corrected chi connectivity index (χ2v) is 8.33. The predicted molar refractivity (Wildman–Crippen MR) is 124 cm³/mol. The van der Waals surface area contributed by atoms with Gasteiger partial charge in [0.2, 0.25) is 0 Å². The molecule has 1 aromatic heterocycles. The van der Waals surface area contributed by atoms with Crippen LogP contribution in [-0.4, -0.2) is 34.6 Å². The van der Waals surface area contributed by atoms with E-state index in [4.69, 9.17) is 28.2 Å². The van der Waals surface area contributed by atoms with Gasteiger partial charge in [0, 0.05) is 27.5 Å². The zero-order chi connectivity index (χ0) is 21.0. The van der Waals surface area contributed by atoms with Gasteiger partial charge in [0.1, 0.15) is 0 Å². The Morgan fingerprint density at radius 1 is 1.00 bits per heavy atom. The van der Waals surface area contributed by atoms with Gasteiger partial charge in [-0.3, -0.25) is 0 Å². The van der Waals surface area contributed by atoms with Crippen LogP contribution < -0.4 is 0 Å². The van der Waals surface area contributed by atoms with Gasteiger partial charge in [0.25, 0.3) is 0 Å². The van der Waals surface area contributed by atoms with Gasteiger partial charge in [-0.25, -0.2) is 4.98 Å². The van der Waals surface area contributed by atoms with E-state index in [1.807, 2.05) is 49.4 Å². The van der Waals surface area contributed by atoms with Crippen molar-refractivity contribution in [3.05, 3.63) is 63.6 Å². The number of nitrogens with zero attached hydrogens (tertiary/aromatic N) is 2. The quantitative estimate of drug-likeness (QED) is 0.433. The van der Waals surface area contributed by atoms with Crippen LogP contribution >= 0.6 is 23.2 Å². The average Bonchev–Trinajstić information content (AvgIpc) is 2.71. The molecular formula is C24H28Cl2N2O. The molecule has 0 spiro atoms. The van der Waals surface area contributed by atoms with Gasteiger partial charge in [0.05, 0.1) is 17.3 Å². The number of hydrogen-bond acceptors (Lipinski definition) is 3. The Morgan fingerprint density at radius 2 is 1.66 bits per heavy atom. The van der Waals surface area contributed by atoms with Crippen molar-refractivity contribution in [2.24, 2.45) is 0 Å². The number of aliphatic hydroxyl groups excluding tert-OH is 1. The van der Waals surface area contributed by atoms with Crippen molar-refractivity contribution in [1.82, 2.24) is 9.88 Å². The summed E-state index contributed by atoms with van der Waals surface area (Å²) in [6.07, 6.45) is 1.52. The van der Waals surface area contributed by atoms with E-state index in [9.17, 15) is 5.11 Å². The number of rotatable bonds is 8. The first-order chi connectivity index (χ1) is 13.9. The highest BCUT2D eigenvalue weighted by Crippen LogP contribution is 2.33. The zero-order valence-corrected chi connectivity index (χ0v) is 18.8. The van der Waals surface area contributed by atoms with Crippen molar-refractivity contribution >= 4 is 34.1 Å². The number of aliphatic hydroxyl groups is 1. The lowest BCUT2D eigenvalue weighted by Gasteiger charge is -2.25. The van der Waals surface area contributed by atoms with Crippen molar-refractivity contribution in [1.29, 1.82) is 0 Å². The molecule has 0 amide bonds. The third-order valence-electron chi connectivity index (χ3n) is 5.21. The van der Waals surface area contributed by atoms with E-state index >= 15 is 0 Å². The minimum atomic E-state index is -0.606. The third kappa shape index (κ3) is 5.10. The number of pyridine rings is 1. The first kappa shape index (κ1) is 22.0. The largest absolute Gasteiger partial charge is 0.387 e. The Morgan fingerprint density at radius 3 is 2.28 bits per heavy atom. The molecule has 1 atom stereocenters. The highest BCUT2D eigenvalue weighted by atomic mass is 35.5. The first-order valence-corrected chi connectivity index (χ1v) is 11.0. The van der Waals surface area contributed by atoms with E-state index in [1.54, 1.807) is 0 Å². The van der Waals surface area contributed by atoms with Crippen LogP contribution in [0.5, 0.6) is 0 Å². The van der Waals surface area contributed by atoms with Crippen LogP contribution in [0.2, 0.25) is 10.0 Å². The SMILES string of the molecule is CCCN(CCC)C[C@@H](O)c1cc(-c2ccc(Cl)cc2)nc2c(C)c(Cl)ccc12. The van der Waals surface area contributed by atoms with Crippen molar-refractivity contribution in [3.63, 3.8) is 0 Å². The van der Waals surface area contributed by atoms with Gasteiger partial charge in [-0.05, 0) is 68.2 Å². The lowest BCUT2D eigenvalue weighted by molar-refractivity contribution is 0.114. The molecule has 0 radical (unpaired) electrons. The van der Waals surface area contributed by atoms with Gasteiger partial charge < -0.3 is 10.0 Å². The highest BCUT2D eigenvalue weighted by Gasteiger charge is 2.19. The van der Waals surface area contributed by atoms with E-state index < -0.39 is 6.10 Å². The minimum Gasteiger partial charge on any atom is -0.387 e. The van der Waals surface area contributed by atoms with Gasteiger partial charge in [-0.2, -0.15) is 0 Å². The Hall–Kier alpha value is -1.65. The molecule has 29 heavy (non-hydrogen) atoms. The summed E-state index contributed by atoms with van der Waals surface area (Å²) in [4.78, 5) is 7.20. The van der Waals surface area contributed by atoms with Gasteiger partial charge in [-0.1, -0.05) is 55.2 Å². The maximum atomic E-state index is 11.2. The molecule has 1 N–H and O–H groups in total. The Labute approximate surface area is 183 Å². The van der Waals surface area contributed by atoms with Crippen LogP contribution in [0.3, 0.4) is 0 Å². The standard InChI is InChI=1S/C24H28Cl2N2O/c1-4-12-28(13-5-2)15-23(29)20-14-22(17-6-8-18(25)9-7-17)27-24-16(3)21(26)11-10-19(20)24/h6-11,14,23,29H,4-5,12-13,15H2,1-3H3/t23-/m1/s1. The molecule has 154 valence electrons. The predicted octanol–water partition coefficient (Wildman–Crippen LogP) is 6.67. The molecule has 3 rings (SSSR count). The Kier molecular flexibility index (Phi) is 7.53. The topological polar surface area (TPSA) is 36.4 Å². The lowest BCUT2D eigenvalue weighted by Crippen LogP contribution is -2.30. The summed E-state index contributed by atoms with van der Waals surface area (Å²) < 4.78 is 0. The van der Waals surface area contributed by atoms with Gasteiger partial charge in [-0.15, -0.1) is 0 Å². The molecule has 0 fully saturated rings. The molecule has 0 saturated heterocycles. The molecule has 2 aromatic carbocycles. The molecule has 0 aliphatic heterocycles. The fourth-order valence-corrected chi connectivity index (χ4v) is 4.02. The minimum absolute atomic E-state index is 0.600. The summed E-state index contributed by atoms with van der Waals surface area (Å²) in [5, 5.41) is 13.5. The van der Waals surface area contributed by atoms with Crippen molar-refractivity contribution in [2.45, 2.75) is 39.7 Å². The molecule has 3 aromatic rings. The van der Waals surface area contributed by atoms with Crippen molar-refractivity contribution < 1.29 is 5.11 Å². The Bertz CT molecular complexity index is 967. The number of aromatic nitrogens is 1. The number of halogens is 2. The van der Waals surface area contributed by atoms with Gasteiger partial charge in [0.15, 0.2) is 0 Å². The third-order valence-corrected chi connectivity index (χ3v) is 5.87. The van der Waals surface area contributed by atoms with E-state index in [0.29, 0.717) is 16.6 Å². The summed E-state index contributed by atoms with van der Waals surface area (Å²) >= 11 is 12.4. The summed E-state index contributed by atoms with van der Waals surface area (Å²) in [6.45, 7) is 8.86. The molecule has 0 aliphatic rings. The van der Waals surface area contributed by atoms with Crippen molar-refractivity contribution in [3.8, 4) is 11.3 Å². The van der Waals surface area contributed by atoms with E-state index in [2.05, 4.69) is 18.7 Å². The summed E-state index contributed by atoms with van der Waals surface area (Å²) in [5.41, 5.74) is 4.41. The number of aryl methyl sites for hydroxylation is 1. The highest BCUT2D eigenvalue weighted by molar-refractivity contribution is 6.32. The molecule has 0 aliphatic carbocycles. The number of fused-ring (bicyclic) bond motifs is 1. The monoisotopic (exact) mass is 430 g/mol. The van der Waals surface area contributed by atoms with Gasteiger partial charge >= 0.3 is 0 Å². The van der Waals surface area contributed by atoms with Crippen LogP contribution in [-0.2, 0) is 0 Å². The van der Waals surface area contributed by atoms with E-state index in [1.165, 1.54) is 0 Å². The molecule has 3 nitrogen and oxygen atoms in total. The lowest BCUT2D eigenvalue weighted by atomic mass is 9.98. The van der Waals surface area contributed by atoms with Crippen molar-refractivity contribution in [2.75, 3.05) is 19.6 Å². The maximum Gasteiger partial charge on any atom is 0.0924 e. The average molecular weight is 431 g/mol. The van der Waals surface area contributed by atoms with Crippen LogP contribution in [0, 0.1) is 6.92 Å². The molecule has 1 heterocycles. The van der Waals surface area contributed by atoms with Crippen LogP contribution in [0.4, 0.5) is 0 Å². The fraction of sp³-hybridized carbons (Fsp3) is 0.375. The molecule has 5 heteroatoms. The van der Waals surface area contributed by atoms with E-state index in [-0.39, 0.29) is 0 Å². The van der Waals surface area contributed by atoms with E-state index in [0.717, 1.165) is 59.2 Å². The normalized spacial score (nSPS) is 12.7. The Balaban J connectivity index is 2.11. The molecule has 0 saturated carbocycles. The molecule has 0 unspecified atom stereocenters. The van der Waals surface area contributed by atoms with Crippen LogP contribution in [0.15, 0.2) is 42.5 Å². The summed E-state index contributed by atoms with van der Waals surface area (Å²) in [6, 6.07) is 13.5. The maximum absolute atomic E-state index is 11.2. The fourth-order valence-electron chi connectivity index (χ4n) is 3.74. The molecular weight excluding hydrogens is 403 g/mol.